The molecule has 3 aromatic heterocycles. The summed E-state index contributed by atoms with van der Waals surface area (Å²) in [5, 5.41) is 8.55. The van der Waals surface area contributed by atoms with Crippen molar-refractivity contribution in [3.8, 4) is 5.82 Å². The predicted octanol–water partition coefficient (Wildman–Crippen LogP) is 3.45. The molecule has 30 heavy (non-hydrogen) atoms. The molecular weight excluding hydrogens is 378 g/mol. The van der Waals surface area contributed by atoms with Gasteiger partial charge in [0, 0.05) is 35.0 Å². The van der Waals surface area contributed by atoms with Crippen LogP contribution in [0, 0.1) is 27.7 Å². The number of hydrogen-bond acceptors (Lipinski definition) is 4. The molecule has 152 valence electrons. The molecule has 4 aromatic rings. The largest absolute Gasteiger partial charge is 0.340 e. The summed E-state index contributed by atoms with van der Waals surface area (Å²) in [6, 6.07) is 14.8. The molecule has 0 aliphatic rings. The van der Waals surface area contributed by atoms with Gasteiger partial charge in [0.05, 0.1) is 11.2 Å². The van der Waals surface area contributed by atoms with Gasteiger partial charge in [-0.25, -0.2) is 4.98 Å². The fourth-order valence-electron chi connectivity index (χ4n) is 3.67. The van der Waals surface area contributed by atoms with Crippen LogP contribution in [0.5, 0.6) is 0 Å². The number of nitrogens with one attached hydrogen (secondary N) is 1. The third kappa shape index (κ3) is 3.74. The minimum atomic E-state index is -0.205. The molecule has 0 aliphatic carbocycles. The van der Waals surface area contributed by atoms with Crippen molar-refractivity contribution >= 4 is 22.6 Å². The van der Waals surface area contributed by atoms with Gasteiger partial charge in [0.2, 0.25) is 5.91 Å². The summed E-state index contributed by atoms with van der Waals surface area (Å²) in [5.41, 5.74) is 4.15. The van der Waals surface area contributed by atoms with E-state index in [4.69, 9.17) is 4.98 Å². The number of aromatic nitrogens is 4. The Morgan fingerprint density at radius 3 is 2.43 bits per heavy atom. The van der Waals surface area contributed by atoms with Gasteiger partial charge >= 0.3 is 0 Å². The zero-order valence-electron chi connectivity index (χ0n) is 17.4. The number of aryl methyl sites for hydroxylation is 4. The molecule has 3 heterocycles. The normalized spacial score (nSPS) is 11.1. The Labute approximate surface area is 174 Å². The predicted molar refractivity (Wildman–Crippen MR) is 117 cm³/mol. The molecule has 1 N–H and O–H groups in total. The highest BCUT2D eigenvalue weighted by atomic mass is 16.2. The van der Waals surface area contributed by atoms with Crippen LogP contribution in [0.25, 0.3) is 16.7 Å². The van der Waals surface area contributed by atoms with Crippen molar-refractivity contribution in [1.82, 2.24) is 19.3 Å². The molecule has 1 amide bonds. The number of para-hydroxylation sites is 1. The van der Waals surface area contributed by atoms with Crippen LogP contribution in [-0.2, 0) is 11.3 Å². The van der Waals surface area contributed by atoms with Gasteiger partial charge in [-0.05, 0) is 45.4 Å². The van der Waals surface area contributed by atoms with E-state index in [2.05, 4.69) is 10.4 Å². The van der Waals surface area contributed by atoms with Gasteiger partial charge in [-0.3, -0.25) is 9.59 Å². The van der Waals surface area contributed by atoms with Gasteiger partial charge in [-0.1, -0.05) is 18.2 Å². The topological polar surface area (TPSA) is 81.8 Å². The summed E-state index contributed by atoms with van der Waals surface area (Å²) in [4.78, 5) is 29.1. The summed E-state index contributed by atoms with van der Waals surface area (Å²) >= 11 is 0. The number of fused-ring (bicyclic) bond motifs is 1. The second-order valence-electron chi connectivity index (χ2n) is 7.51. The molecule has 4 rings (SSSR count). The van der Waals surface area contributed by atoms with E-state index < -0.39 is 0 Å². The Kier molecular flexibility index (Phi) is 4.95. The second-order valence-corrected chi connectivity index (χ2v) is 7.51. The molecule has 0 aliphatic heterocycles. The van der Waals surface area contributed by atoms with E-state index in [-0.39, 0.29) is 17.9 Å². The van der Waals surface area contributed by atoms with E-state index in [1.54, 1.807) is 4.68 Å². The Balaban J connectivity index is 1.66. The minimum absolute atomic E-state index is 0.0619. The Hall–Kier alpha value is -3.74. The molecule has 7 heteroatoms. The molecule has 0 saturated carbocycles. The lowest BCUT2D eigenvalue weighted by Gasteiger charge is -2.15. The highest BCUT2D eigenvalue weighted by molar-refractivity contribution is 5.90. The van der Waals surface area contributed by atoms with Crippen LogP contribution in [0.1, 0.15) is 22.6 Å². The standard InChI is InChI=1S/C23H23N5O2/c1-14-9-21(24-20-8-6-5-7-19(14)20)28-22(10-15(2)26-28)25-23(30)13-27-16(3)11-18(29)12-17(27)4/h5-12H,13H2,1-4H3,(H,25,30). The number of anilines is 1. The smallest absolute Gasteiger partial charge is 0.245 e. The molecule has 0 fully saturated rings. The number of amides is 1. The maximum absolute atomic E-state index is 12.8. The van der Waals surface area contributed by atoms with Crippen LogP contribution >= 0.6 is 0 Å². The van der Waals surface area contributed by atoms with Crippen molar-refractivity contribution in [1.29, 1.82) is 0 Å². The average Bonchev–Trinajstić information content (AvgIpc) is 3.04. The lowest BCUT2D eigenvalue weighted by Crippen LogP contribution is -2.24. The maximum Gasteiger partial charge on any atom is 0.245 e. The number of pyridine rings is 2. The third-order valence-electron chi connectivity index (χ3n) is 5.08. The van der Waals surface area contributed by atoms with E-state index in [1.807, 2.05) is 68.7 Å². The van der Waals surface area contributed by atoms with Gasteiger partial charge in [0.1, 0.15) is 12.4 Å². The Bertz CT molecular complexity index is 1310. The zero-order chi connectivity index (χ0) is 21.4. The van der Waals surface area contributed by atoms with Gasteiger partial charge in [0.25, 0.3) is 0 Å². The van der Waals surface area contributed by atoms with E-state index in [0.717, 1.165) is 33.5 Å². The summed E-state index contributed by atoms with van der Waals surface area (Å²) < 4.78 is 3.46. The summed E-state index contributed by atoms with van der Waals surface area (Å²) in [6.45, 7) is 7.64. The lowest BCUT2D eigenvalue weighted by atomic mass is 10.1. The van der Waals surface area contributed by atoms with Crippen LogP contribution in [0.4, 0.5) is 5.82 Å². The van der Waals surface area contributed by atoms with Crippen molar-refractivity contribution in [2.45, 2.75) is 34.2 Å². The molecule has 0 bridgehead atoms. The number of hydrogen-bond donors (Lipinski definition) is 1. The van der Waals surface area contributed by atoms with Gasteiger partial charge in [0.15, 0.2) is 11.2 Å². The van der Waals surface area contributed by atoms with Crippen molar-refractivity contribution in [3.05, 3.63) is 81.4 Å². The highest BCUT2D eigenvalue weighted by Gasteiger charge is 2.14. The van der Waals surface area contributed by atoms with E-state index in [0.29, 0.717) is 11.6 Å². The highest BCUT2D eigenvalue weighted by Crippen LogP contribution is 2.22. The number of carbonyl (C=O) groups is 1. The minimum Gasteiger partial charge on any atom is -0.340 e. The van der Waals surface area contributed by atoms with Crippen molar-refractivity contribution in [3.63, 3.8) is 0 Å². The Morgan fingerprint density at radius 2 is 1.70 bits per heavy atom. The molecule has 1 aromatic carbocycles. The lowest BCUT2D eigenvalue weighted by molar-refractivity contribution is -0.116. The van der Waals surface area contributed by atoms with Crippen LogP contribution < -0.4 is 10.7 Å². The van der Waals surface area contributed by atoms with E-state index >= 15 is 0 Å². The first-order valence-corrected chi connectivity index (χ1v) is 9.73. The summed E-state index contributed by atoms with van der Waals surface area (Å²) in [6.07, 6.45) is 0. The monoisotopic (exact) mass is 401 g/mol. The number of benzene rings is 1. The fourth-order valence-corrected chi connectivity index (χ4v) is 3.67. The van der Waals surface area contributed by atoms with Gasteiger partial charge < -0.3 is 9.88 Å². The quantitative estimate of drug-likeness (QED) is 0.568. The third-order valence-corrected chi connectivity index (χ3v) is 5.08. The molecular formula is C23H23N5O2. The van der Waals surface area contributed by atoms with Crippen LogP contribution in [0.2, 0.25) is 0 Å². The molecule has 7 nitrogen and oxygen atoms in total. The van der Waals surface area contributed by atoms with Crippen molar-refractivity contribution in [2.24, 2.45) is 0 Å². The second kappa shape index (κ2) is 7.59. The van der Waals surface area contributed by atoms with Gasteiger partial charge in [-0.2, -0.15) is 9.78 Å². The Morgan fingerprint density at radius 1 is 1.00 bits per heavy atom. The molecule has 0 saturated heterocycles. The zero-order valence-corrected chi connectivity index (χ0v) is 17.4. The average molecular weight is 401 g/mol. The number of nitrogens with zero attached hydrogens (tertiary/aromatic N) is 4. The first-order valence-electron chi connectivity index (χ1n) is 9.73. The molecule has 0 spiro atoms. The first kappa shape index (κ1) is 19.6. The van der Waals surface area contributed by atoms with Crippen molar-refractivity contribution in [2.75, 3.05) is 5.32 Å². The fraction of sp³-hybridized carbons (Fsp3) is 0.217. The first-order chi connectivity index (χ1) is 14.3. The SMILES string of the molecule is Cc1cc(NC(=O)Cn2c(C)cc(=O)cc2C)n(-c2cc(C)c3ccccc3n2)n1. The van der Waals surface area contributed by atoms with Crippen LogP contribution in [0.3, 0.4) is 0 Å². The summed E-state index contributed by atoms with van der Waals surface area (Å²) in [5.74, 6) is 0.991. The molecule has 0 radical (unpaired) electrons. The van der Waals surface area contributed by atoms with Crippen molar-refractivity contribution < 1.29 is 4.79 Å². The van der Waals surface area contributed by atoms with Gasteiger partial charge in [-0.15, -0.1) is 0 Å². The maximum atomic E-state index is 12.8. The number of carbonyl (C=O) groups excluding carboxylic acids is 1. The summed E-state index contributed by atoms with van der Waals surface area (Å²) in [7, 11) is 0. The van der Waals surface area contributed by atoms with E-state index in [1.165, 1.54) is 12.1 Å². The number of rotatable bonds is 4. The van der Waals surface area contributed by atoms with Crippen LogP contribution in [0.15, 0.2) is 53.3 Å². The molecule has 0 atom stereocenters. The molecule has 0 unspecified atom stereocenters. The van der Waals surface area contributed by atoms with E-state index in [9.17, 15) is 9.59 Å². The van der Waals surface area contributed by atoms with Crippen LogP contribution in [-0.4, -0.2) is 25.2 Å².